The van der Waals surface area contributed by atoms with Gasteiger partial charge in [-0.2, -0.15) is 5.10 Å². The molecule has 0 saturated heterocycles. The molecule has 0 radical (unpaired) electrons. The summed E-state index contributed by atoms with van der Waals surface area (Å²) in [5.74, 6) is 0.869. The van der Waals surface area contributed by atoms with Gasteiger partial charge in [-0.15, -0.1) is 0 Å². The standard InChI is InChI=1S/C12H14N4O2/c1-7-6-10(15-18-7)13-12(17)11-8-4-3-5-9(8)16(2)14-11/h6H,3-5H2,1-2H3,(H,13,15,17). The second-order valence-electron chi connectivity index (χ2n) is 4.53. The van der Waals surface area contributed by atoms with E-state index in [1.165, 1.54) is 0 Å². The molecule has 2 aromatic rings. The van der Waals surface area contributed by atoms with Crippen LogP contribution in [-0.4, -0.2) is 20.8 Å². The Kier molecular flexibility index (Phi) is 2.43. The molecule has 1 aliphatic carbocycles. The summed E-state index contributed by atoms with van der Waals surface area (Å²) < 4.78 is 6.71. The summed E-state index contributed by atoms with van der Waals surface area (Å²) in [6.07, 6.45) is 3.00. The van der Waals surface area contributed by atoms with Crippen LogP contribution < -0.4 is 5.32 Å². The molecule has 6 heteroatoms. The average molecular weight is 246 g/mol. The number of anilines is 1. The fourth-order valence-corrected chi connectivity index (χ4v) is 2.39. The smallest absolute Gasteiger partial charge is 0.277 e. The Balaban J connectivity index is 1.87. The van der Waals surface area contributed by atoms with E-state index in [2.05, 4.69) is 15.6 Å². The zero-order valence-corrected chi connectivity index (χ0v) is 10.4. The van der Waals surface area contributed by atoms with Crippen molar-refractivity contribution in [1.82, 2.24) is 14.9 Å². The first-order valence-electron chi connectivity index (χ1n) is 5.94. The Bertz CT molecular complexity index is 612. The van der Waals surface area contributed by atoms with Crippen LogP contribution in [0.5, 0.6) is 0 Å². The van der Waals surface area contributed by atoms with Gasteiger partial charge in [-0.3, -0.25) is 9.48 Å². The Morgan fingerprint density at radius 1 is 1.50 bits per heavy atom. The minimum atomic E-state index is -0.220. The van der Waals surface area contributed by atoms with Crippen molar-refractivity contribution >= 4 is 11.7 Å². The third-order valence-electron chi connectivity index (χ3n) is 3.20. The lowest BCUT2D eigenvalue weighted by molar-refractivity contribution is 0.102. The lowest BCUT2D eigenvalue weighted by atomic mass is 10.2. The Hall–Kier alpha value is -2.11. The number of fused-ring (bicyclic) bond motifs is 1. The molecule has 0 unspecified atom stereocenters. The van der Waals surface area contributed by atoms with Crippen LogP contribution in [-0.2, 0) is 19.9 Å². The number of carbonyl (C=O) groups is 1. The number of amides is 1. The molecule has 0 aromatic carbocycles. The SMILES string of the molecule is Cc1cc(NC(=O)c2nn(C)c3c2CCC3)no1. The van der Waals surface area contributed by atoms with Crippen molar-refractivity contribution in [3.05, 3.63) is 28.8 Å². The molecular formula is C12H14N4O2. The van der Waals surface area contributed by atoms with Crippen LogP contribution >= 0.6 is 0 Å². The van der Waals surface area contributed by atoms with Gasteiger partial charge in [-0.25, -0.2) is 0 Å². The summed E-state index contributed by atoms with van der Waals surface area (Å²) >= 11 is 0. The molecule has 0 saturated carbocycles. The highest BCUT2D eigenvalue weighted by atomic mass is 16.5. The molecule has 18 heavy (non-hydrogen) atoms. The van der Waals surface area contributed by atoms with Crippen molar-refractivity contribution in [1.29, 1.82) is 0 Å². The Morgan fingerprint density at radius 2 is 2.33 bits per heavy atom. The summed E-state index contributed by atoms with van der Waals surface area (Å²) in [4.78, 5) is 12.1. The van der Waals surface area contributed by atoms with E-state index in [4.69, 9.17) is 4.52 Å². The van der Waals surface area contributed by atoms with Crippen molar-refractivity contribution in [3.63, 3.8) is 0 Å². The fourth-order valence-electron chi connectivity index (χ4n) is 2.39. The Labute approximate surface area is 104 Å². The number of carbonyl (C=O) groups excluding carboxylic acids is 1. The second kappa shape index (κ2) is 3.97. The fraction of sp³-hybridized carbons (Fsp3) is 0.417. The maximum Gasteiger partial charge on any atom is 0.277 e. The van der Waals surface area contributed by atoms with Crippen molar-refractivity contribution < 1.29 is 9.32 Å². The molecular weight excluding hydrogens is 232 g/mol. The molecule has 1 N–H and O–H groups in total. The van der Waals surface area contributed by atoms with E-state index >= 15 is 0 Å². The van der Waals surface area contributed by atoms with Crippen LogP contribution in [0, 0.1) is 6.92 Å². The first-order chi connectivity index (χ1) is 8.65. The molecule has 0 atom stereocenters. The number of rotatable bonds is 2. The van der Waals surface area contributed by atoms with Gasteiger partial charge in [0.25, 0.3) is 5.91 Å². The highest BCUT2D eigenvalue weighted by Gasteiger charge is 2.25. The molecule has 3 rings (SSSR count). The number of nitrogens with one attached hydrogen (secondary N) is 1. The molecule has 0 fully saturated rings. The normalized spacial score (nSPS) is 13.7. The van der Waals surface area contributed by atoms with Gasteiger partial charge in [-0.1, -0.05) is 5.16 Å². The van der Waals surface area contributed by atoms with Gasteiger partial charge in [0.15, 0.2) is 11.5 Å². The molecule has 1 amide bonds. The third kappa shape index (κ3) is 1.70. The maximum absolute atomic E-state index is 12.1. The van der Waals surface area contributed by atoms with Crippen LogP contribution in [0.2, 0.25) is 0 Å². The molecule has 2 heterocycles. The van der Waals surface area contributed by atoms with Gasteiger partial charge in [0, 0.05) is 24.4 Å². The quantitative estimate of drug-likeness (QED) is 0.870. The number of nitrogens with zero attached hydrogens (tertiary/aromatic N) is 3. The van der Waals surface area contributed by atoms with Gasteiger partial charge < -0.3 is 9.84 Å². The van der Waals surface area contributed by atoms with Crippen LogP contribution in [0.25, 0.3) is 0 Å². The second-order valence-corrected chi connectivity index (χ2v) is 4.53. The summed E-state index contributed by atoms with van der Waals surface area (Å²) in [5, 5.41) is 10.7. The van der Waals surface area contributed by atoms with Crippen molar-refractivity contribution in [2.75, 3.05) is 5.32 Å². The first kappa shape index (κ1) is 11.0. The lowest BCUT2D eigenvalue weighted by Crippen LogP contribution is -2.14. The van der Waals surface area contributed by atoms with Crippen LogP contribution in [0.3, 0.4) is 0 Å². The first-order valence-corrected chi connectivity index (χ1v) is 5.94. The van der Waals surface area contributed by atoms with Gasteiger partial charge in [0.05, 0.1) is 0 Å². The maximum atomic E-state index is 12.1. The number of hydrogen-bond donors (Lipinski definition) is 1. The number of aromatic nitrogens is 3. The molecule has 2 aromatic heterocycles. The van der Waals surface area contributed by atoms with Gasteiger partial charge in [-0.05, 0) is 26.2 Å². The summed E-state index contributed by atoms with van der Waals surface area (Å²) in [5.41, 5.74) is 2.73. The predicted molar refractivity (Wildman–Crippen MR) is 64.4 cm³/mol. The highest BCUT2D eigenvalue weighted by molar-refractivity contribution is 6.03. The van der Waals surface area contributed by atoms with Crippen LogP contribution in [0.1, 0.15) is 33.9 Å². The van der Waals surface area contributed by atoms with Crippen molar-refractivity contribution in [3.8, 4) is 0 Å². The average Bonchev–Trinajstić information content (AvgIpc) is 2.98. The van der Waals surface area contributed by atoms with Crippen molar-refractivity contribution in [2.45, 2.75) is 26.2 Å². The van der Waals surface area contributed by atoms with E-state index in [1.807, 2.05) is 7.05 Å². The molecule has 0 aliphatic heterocycles. The molecule has 1 aliphatic rings. The van der Waals surface area contributed by atoms with Gasteiger partial charge >= 0.3 is 0 Å². The summed E-state index contributed by atoms with van der Waals surface area (Å²) in [6, 6.07) is 1.68. The zero-order chi connectivity index (χ0) is 12.7. The summed E-state index contributed by atoms with van der Waals surface area (Å²) in [7, 11) is 1.88. The van der Waals surface area contributed by atoms with E-state index in [1.54, 1.807) is 17.7 Å². The minimum Gasteiger partial charge on any atom is -0.360 e. The molecule has 94 valence electrons. The predicted octanol–water partition coefficient (Wildman–Crippen LogP) is 1.46. The number of hydrogen-bond acceptors (Lipinski definition) is 4. The van der Waals surface area contributed by atoms with E-state index in [0.717, 1.165) is 30.5 Å². The van der Waals surface area contributed by atoms with Crippen LogP contribution in [0.15, 0.2) is 10.6 Å². The highest BCUT2D eigenvalue weighted by Crippen LogP contribution is 2.25. The number of aryl methyl sites for hydroxylation is 2. The van der Waals surface area contributed by atoms with E-state index in [-0.39, 0.29) is 5.91 Å². The van der Waals surface area contributed by atoms with Crippen molar-refractivity contribution in [2.24, 2.45) is 7.05 Å². The Morgan fingerprint density at radius 3 is 3.06 bits per heavy atom. The summed E-state index contributed by atoms with van der Waals surface area (Å²) in [6.45, 7) is 1.78. The van der Waals surface area contributed by atoms with E-state index in [0.29, 0.717) is 17.3 Å². The monoisotopic (exact) mass is 246 g/mol. The lowest BCUT2D eigenvalue weighted by Gasteiger charge is -1.99. The molecule has 0 bridgehead atoms. The van der Waals surface area contributed by atoms with Gasteiger partial charge in [0.2, 0.25) is 0 Å². The van der Waals surface area contributed by atoms with Crippen LogP contribution in [0.4, 0.5) is 5.82 Å². The van der Waals surface area contributed by atoms with E-state index in [9.17, 15) is 4.79 Å². The topological polar surface area (TPSA) is 73.0 Å². The molecule has 6 nitrogen and oxygen atoms in total. The third-order valence-corrected chi connectivity index (χ3v) is 3.20. The zero-order valence-electron chi connectivity index (χ0n) is 10.4. The largest absolute Gasteiger partial charge is 0.360 e. The molecule has 0 spiro atoms. The van der Waals surface area contributed by atoms with E-state index < -0.39 is 0 Å². The van der Waals surface area contributed by atoms with Gasteiger partial charge in [0.1, 0.15) is 5.76 Å². The minimum absolute atomic E-state index is 0.220.